The van der Waals surface area contributed by atoms with Crippen molar-refractivity contribution in [2.24, 2.45) is 5.73 Å². The molecule has 0 aliphatic rings. The fourth-order valence-electron chi connectivity index (χ4n) is 1.56. The Morgan fingerprint density at radius 1 is 1.41 bits per heavy atom. The van der Waals surface area contributed by atoms with E-state index in [1.807, 2.05) is 6.07 Å². The van der Waals surface area contributed by atoms with Gasteiger partial charge in [-0.15, -0.1) is 0 Å². The van der Waals surface area contributed by atoms with Crippen LogP contribution in [0.25, 0.3) is 11.3 Å². The van der Waals surface area contributed by atoms with Crippen molar-refractivity contribution in [1.29, 1.82) is 0 Å². The van der Waals surface area contributed by atoms with Crippen molar-refractivity contribution in [3.63, 3.8) is 0 Å². The van der Waals surface area contributed by atoms with Crippen LogP contribution in [0.15, 0.2) is 28.8 Å². The SMILES string of the molecule is Cc1ccc(-c2cnc(CCCN)o2)cc1F. The van der Waals surface area contributed by atoms with Crippen molar-refractivity contribution in [2.75, 3.05) is 6.54 Å². The molecule has 0 spiro atoms. The summed E-state index contributed by atoms with van der Waals surface area (Å²) in [4.78, 5) is 4.14. The summed E-state index contributed by atoms with van der Waals surface area (Å²) < 4.78 is 18.9. The number of aromatic nitrogens is 1. The van der Waals surface area contributed by atoms with Gasteiger partial charge in [0.15, 0.2) is 11.7 Å². The molecule has 1 aromatic carbocycles. The predicted octanol–water partition coefficient (Wildman–Crippen LogP) is 2.68. The number of oxazole rings is 1. The molecule has 0 saturated carbocycles. The smallest absolute Gasteiger partial charge is 0.194 e. The molecular formula is C13H15FN2O. The van der Waals surface area contributed by atoms with Crippen LogP contribution in [0.2, 0.25) is 0 Å². The van der Waals surface area contributed by atoms with Crippen molar-refractivity contribution in [3.8, 4) is 11.3 Å². The van der Waals surface area contributed by atoms with E-state index in [1.54, 1.807) is 19.2 Å². The van der Waals surface area contributed by atoms with Gasteiger partial charge in [-0.2, -0.15) is 0 Å². The zero-order chi connectivity index (χ0) is 12.3. The molecule has 90 valence electrons. The number of benzene rings is 1. The molecular weight excluding hydrogens is 219 g/mol. The van der Waals surface area contributed by atoms with Gasteiger partial charge in [0.1, 0.15) is 5.82 Å². The third-order valence-electron chi connectivity index (χ3n) is 2.60. The van der Waals surface area contributed by atoms with Gasteiger partial charge in [-0.25, -0.2) is 9.37 Å². The van der Waals surface area contributed by atoms with E-state index in [0.29, 0.717) is 35.7 Å². The Kier molecular flexibility index (Phi) is 3.54. The summed E-state index contributed by atoms with van der Waals surface area (Å²) in [6.45, 7) is 2.34. The van der Waals surface area contributed by atoms with Crippen LogP contribution in [0, 0.1) is 12.7 Å². The highest BCUT2D eigenvalue weighted by Gasteiger charge is 2.07. The standard InChI is InChI=1S/C13H15FN2O/c1-9-4-5-10(7-11(9)14)12-8-16-13(17-12)3-2-6-15/h4-5,7-8H,2-3,6,15H2,1H3. The van der Waals surface area contributed by atoms with E-state index >= 15 is 0 Å². The minimum Gasteiger partial charge on any atom is -0.441 e. The van der Waals surface area contributed by atoms with Crippen LogP contribution in [-0.4, -0.2) is 11.5 Å². The molecule has 0 amide bonds. The summed E-state index contributed by atoms with van der Waals surface area (Å²) >= 11 is 0. The molecule has 2 rings (SSSR count). The van der Waals surface area contributed by atoms with Gasteiger partial charge in [0.25, 0.3) is 0 Å². The highest BCUT2D eigenvalue weighted by molar-refractivity contribution is 5.56. The van der Waals surface area contributed by atoms with E-state index in [4.69, 9.17) is 10.2 Å². The fraction of sp³-hybridized carbons (Fsp3) is 0.308. The minimum absolute atomic E-state index is 0.234. The average Bonchev–Trinajstić information content (AvgIpc) is 2.79. The summed E-state index contributed by atoms with van der Waals surface area (Å²) in [6, 6.07) is 5.01. The molecule has 4 heteroatoms. The lowest BCUT2D eigenvalue weighted by atomic mass is 10.1. The van der Waals surface area contributed by atoms with Crippen molar-refractivity contribution in [2.45, 2.75) is 19.8 Å². The number of nitrogens with zero attached hydrogens (tertiary/aromatic N) is 1. The summed E-state index contributed by atoms with van der Waals surface area (Å²) in [5.74, 6) is 1.00. The second kappa shape index (κ2) is 5.10. The first-order chi connectivity index (χ1) is 8.20. The maximum absolute atomic E-state index is 13.4. The van der Waals surface area contributed by atoms with E-state index in [0.717, 1.165) is 6.42 Å². The Labute approximate surface area is 99.5 Å². The normalized spacial score (nSPS) is 10.8. The molecule has 0 saturated heterocycles. The molecule has 1 aromatic heterocycles. The van der Waals surface area contributed by atoms with E-state index in [9.17, 15) is 4.39 Å². The highest BCUT2D eigenvalue weighted by Crippen LogP contribution is 2.22. The van der Waals surface area contributed by atoms with Crippen LogP contribution in [-0.2, 0) is 6.42 Å². The molecule has 2 N–H and O–H groups in total. The van der Waals surface area contributed by atoms with Gasteiger partial charge in [-0.3, -0.25) is 0 Å². The Balaban J connectivity index is 2.21. The van der Waals surface area contributed by atoms with Gasteiger partial charge in [0.2, 0.25) is 0 Å². The summed E-state index contributed by atoms with van der Waals surface area (Å²) in [5.41, 5.74) is 6.74. The van der Waals surface area contributed by atoms with Gasteiger partial charge >= 0.3 is 0 Å². The minimum atomic E-state index is -0.234. The lowest BCUT2D eigenvalue weighted by Crippen LogP contribution is -2.00. The largest absolute Gasteiger partial charge is 0.441 e. The van der Waals surface area contributed by atoms with Crippen molar-refractivity contribution in [3.05, 3.63) is 41.7 Å². The van der Waals surface area contributed by atoms with Crippen LogP contribution in [0.4, 0.5) is 4.39 Å². The van der Waals surface area contributed by atoms with Crippen LogP contribution in [0.1, 0.15) is 17.9 Å². The Morgan fingerprint density at radius 3 is 2.94 bits per heavy atom. The Hall–Kier alpha value is -1.68. The zero-order valence-corrected chi connectivity index (χ0v) is 9.74. The fourth-order valence-corrected chi connectivity index (χ4v) is 1.56. The molecule has 0 aliphatic carbocycles. The van der Waals surface area contributed by atoms with Gasteiger partial charge in [0.05, 0.1) is 6.20 Å². The van der Waals surface area contributed by atoms with Crippen molar-refractivity contribution in [1.82, 2.24) is 4.98 Å². The topological polar surface area (TPSA) is 52.0 Å². The lowest BCUT2D eigenvalue weighted by molar-refractivity contribution is 0.499. The molecule has 0 fully saturated rings. The van der Waals surface area contributed by atoms with E-state index in [-0.39, 0.29) is 5.82 Å². The summed E-state index contributed by atoms with van der Waals surface area (Å²) in [5, 5.41) is 0. The van der Waals surface area contributed by atoms with Crippen LogP contribution in [0.5, 0.6) is 0 Å². The van der Waals surface area contributed by atoms with E-state index in [1.165, 1.54) is 6.07 Å². The monoisotopic (exact) mass is 234 g/mol. The first kappa shape index (κ1) is 11.8. The Bertz CT molecular complexity index is 508. The molecule has 0 bridgehead atoms. The molecule has 1 heterocycles. The van der Waals surface area contributed by atoms with E-state index < -0.39 is 0 Å². The lowest BCUT2D eigenvalue weighted by Gasteiger charge is -1.99. The van der Waals surface area contributed by atoms with Gasteiger partial charge in [-0.05, 0) is 31.5 Å². The van der Waals surface area contributed by atoms with Gasteiger partial charge in [0, 0.05) is 12.0 Å². The first-order valence-corrected chi connectivity index (χ1v) is 5.62. The summed E-state index contributed by atoms with van der Waals surface area (Å²) in [7, 11) is 0. The molecule has 17 heavy (non-hydrogen) atoms. The van der Waals surface area contributed by atoms with Crippen molar-refractivity contribution < 1.29 is 8.81 Å². The number of rotatable bonds is 4. The summed E-state index contributed by atoms with van der Waals surface area (Å²) in [6.07, 6.45) is 3.17. The second-order valence-corrected chi connectivity index (χ2v) is 3.97. The maximum atomic E-state index is 13.4. The second-order valence-electron chi connectivity index (χ2n) is 3.97. The average molecular weight is 234 g/mol. The number of hydrogen-bond acceptors (Lipinski definition) is 3. The molecule has 3 nitrogen and oxygen atoms in total. The van der Waals surface area contributed by atoms with Crippen LogP contribution >= 0.6 is 0 Å². The van der Waals surface area contributed by atoms with Gasteiger partial charge in [-0.1, -0.05) is 12.1 Å². The number of hydrogen-bond donors (Lipinski definition) is 1. The number of halogens is 1. The molecule has 0 atom stereocenters. The quantitative estimate of drug-likeness (QED) is 0.884. The number of nitrogens with two attached hydrogens (primary N) is 1. The van der Waals surface area contributed by atoms with Crippen LogP contribution < -0.4 is 5.73 Å². The van der Waals surface area contributed by atoms with E-state index in [2.05, 4.69) is 4.98 Å². The van der Waals surface area contributed by atoms with Gasteiger partial charge < -0.3 is 10.2 Å². The third-order valence-corrected chi connectivity index (χ3v) is 2.60. The third kappa shape index (κ3) is 2.71. The molecule has 0 aliphatic heterocycles. The molecule has 2 aromatic rings. The van der Waals surface area contributed by atoms with Crippen molar-refractivity contribution >= 4 is 0 Å². The Morgan fingerprint density at radius 2 is 2.24 bits per heavy atom. The number of aryl methyl sites for hydroxylation is 2. The van der Waals surface area contributed by atoms with Crippen LogP contribution in [0.3, 0.4) is 0 Å². The first-order valence-electron chi connectivity index (χ1n) is 5.62. The maximum Gasteiger partial charge on any atom is 0.194 e. The predicted molar refractivity (Wildman–Crippen MR) is 64.0 cm³/mol. The highest BCUT2D eigenvalue weighted by atomic mass is 19.1. The zero-order valence-electron chi connectivity index (χ0n) is 9.74. The molecule has 0 unspecified atom stereocenters. The molecule has 0 radical (unpaired) electrons.